The summed E-state index contributed by atoms with van der Waals surface area (Å²) in [4.78, 5) is 2.65. The van der Waals surface area contributed by atoms with Crippen molar-refractivity contribution >= 4 is 21.6 Å². The van der Waals surface area contributed by atoms with Crippen LogP contribution in [0, 0.1) is 0 Å². The van der Waals surface area contributed by atoms with Gasteiger partial charge in [0.15, 0.2) is 0 Å². The van der Waals surface area contributed by atoms with Gasteiger partial charge in [-0.25, -0.2) is 0 Å². The number of hydrogen-bond acceptors (Lipinski definition) is 2. The standard InChI is InChI=1S/C17H25BrN2/c1-2-16-5-3-4-10-20(16)17-9-6-14(18)11-13(17)12-19-15-7-8-15/h6,9,11,15-16,19H,2-5,7-8,10,12H2,1H3. The maximum atomic E-state index is 3.66. The van der Waals surface area contributed by atoms with Crippen molar-refractivity contribution in [1.82, 2.24) is 5.32 Å². The minimum atomic E-state index is 0.726. The smallest absolute Gasteiger partial charge is 0.0415 e. The lowest BCUT2D eigenvalue weighted by atomic mass is 9.98. The second kappa shape index (κ2) is 6.48. The number of nitrogens with one attached hydrogen (secondary N) is 1. The number of hydrogen-bond donors (Lipinski definition) is 1. The first kappa shape index (κ1) is 14.4. The lowest BCUT2D eigenvalue weighted by Gasteiger charge is -2.38. The van der Waals surface area contributed by atoms with E-state index < -0.39 is 0 Å². The van der Waals surface area contributed by atoms with E-state index in [1.165, 1.54) is 60.8 Å². The van der Waals surface area contributed by atoms with Crippen molar-refractivity contribution in [1.29, 1.82) is 0 Å². The molecule has 0 aromatic heterocycles. The highest BCUT2D eigenvalue weighted by Crippen LogP contribution is 2.32. The number of rotatable bonds is 5. The summed E-state index contributed by atoms with van der Waals surface area (Å²) in [6.07, 6.45) is 8.03. The Kier molecular flexibility index (Phi) is 4.67. The van der Waals surface area contributed by atoms with Crippen molar-refractivity contribution in [3.05, 3.63) is 28.2 Å². The molecular formula is C17H25BrN2. The Morgan fingerprint density at radius 3 is 2.85 bits per heavy atom. The normalized spacial score (nSPS) is 23.1. The maximum Gasteiger partial charge on any atom is 0.0415 e. The minimum absolute atomic E-state index is 0.726. The Morgan fingerprint density at radius 1 is 1.25 bits per heavy atom. The second-order valence-corrected chi connectivity index (χ2v) is 7.10. The Hall–Kier alpha value is -0.540. The fourth-order valence-electron chi connectivity index (χ4n) is 3.26. The molecule has 1 aliphatic heterocycles. The van der Waals surface area contributed by atoms with Crippen LogP contribution in [0.25, 0.3) is 0 Å². The van der Waals surface area contributed by atoms with Crippen LogP contribution in [0.5, 0.6) is 0 Å². The average Bonchev–Trinajstić information content (AvgIpc) is 3.29. The van der Waals surface area contributed by atoms with Gasteiger partial charge in [-0.1, -0.05) is 22.9 Å². The van der Waals surface area contributed by atoms with Gasteiger partial charge >= 0.3 is 0 Å². The van der Waals surface area contributed by atoms with E-state index in [1.54, 1.807) is 0 Å². The number of benzene rings is 1. The average molecular weight is 337 g/mol. The van der Waals surface area contributed by atoms with Crippen molar-refractivity contribution in [2.75, 3.05) is 11.4 Å². The van der Waals surface area contributed by atoms with Crippen LogP contribution >= 0.6 is 15.9 Å². The molecule has 2 fully saturated rings. The Bertz CT molecular complexity index is 456. The van der Waals surface area contributed by atoms with Crippen molar-refractivity contribution < 1.29 is 0 Å². The molecule has 20 heavy (non-hydrogen) atoms. The first-order valence-corrected chi connectivity index (χ1v) is 8.85. The van der Waals surface area contributed by atoms with Gasteiger partial charge in [-0.05, 0) is 62.3 Å². The van der Waals surface area contributed by atoms with E-state index in [1.807, 2.05) is 0 Å². The summed E-state index contributed by atoms with van der Waals surface area (Å²) < 4.78 is 1.19. The van der Waals surface area contributed by atoms with E-state index >= 15 is 0 Å². The van der Waals surface area contributed by atoms with Crippen LogP contribution in [0.1, 0.15) is 51.0 Å². The molecule has 1 aromatic rings. The number of anilines is 1. The third kappa shape index (κ3) is 3.37. The van der Waals surface area contributed by atoms with Gasteiger partial charge < -0.3 is 10.2 Å². The number of nitrogens with zero attached hydrogens (tertiary/aromatic N) is 1. The first-order chi connectivity index (χ1) is 9.78. The summed E-state index contributed by atoms with van der Waals surface area (Å²) in [5, 5.41) is 3.66. The zero-order valence-electron chi connectivity index (χ0n) is 12.4. The molecule has 0 bridgehead atoms. The molecule has 1 N–H and O–H groups in total. The molecule has 1 saturated carbocycles. The molecule has 1 aliphatic carbocycles. The molecule has 1 unspecified atom stereocenters. The van der Waals surface area contributed by atoms with Crippen LogP contribution in [-0.2, 0) is 6.54 Å². The summed E-state index contributed by atoms with van der Waals surface area (Å²) in [6.45, 7) is 4.55. The van der Waals surface area contributed by atoms with Crippen LogP contribution < -0.4 is 10.2 Å². The highest BCUT2D eigenvalue weighted by molar-refractivity contribution is 9.10. The Balaban J connectivity index is 1.81. The monoisotopic (exact) mass is 336 g/mol. The third-order valence-electron chi connectivity index (χ3n) is 4.61. The highest BCUT2D eigenvalue weighted by atomic mass is 79.9. The van der Waals surface area contributed by atoms with Crippen LogP contribution in [-0.4, -0.2) is 18.6 Å². The SMILES string of the molecule is CCC1CCCCN1c1ccc(Br)cc1CNC1CC1. The van der Waals surface area contributed by atoms with E-state index in [4.69, 9.17) is 0 Å². The van der Waals surface area contributed by atoms with E-state index in [0.717, 1.165) is 18.6 Å². The van der Waals surface area contributed by atoms with Crippen molar-refractivity contribution in [3.8, 4) is 0 Å². The Labute approximate surface area is 131 Å². The fourth-order valence-corrected chi connectivity index (χ4v) is 3.67. The van der Waals surface area contributed by atoms with Crippen LogP contribution in [0.2, 0.25) is 0 Å². The number of piperidine rings is 1. The lowest BCUT2D eigenvalue weighted by Crippen LogP contribution is -2.40. The molecule has 3 rings (SSSR count). The van der Waals surface area contributed by atoms with E-state index in [0.29, 0.717) is 0 Å². The van der Waals surface area contributed by atoms with Gasteiger partial charge in [0.25, 0.3) is 0 Å². The Morgan fingerprint density at radius 2 is 2.10 bits per heavy atom. The van der Waals surface area contributed by atoms with E-state index in [9.17, 15) is 0 Å². The molecule has 110 valence electrons. The molecule has 0 amide bonds. The topological polar surface area (TPSA) is 15.3 Å². The largest absolute Gasteiger partial charge is 0.368 e. The summed E-state index contributed by atoms with van der Waals surface area (Å²) in [7, 11) is 0. The quantitative estimate of drug-likeness (QED) is 0.853. The van der Waals surface area contributed by atoms with Gasteiger partial charge in [0.2, 0.25) is 0 Å². The second-order valence-electron chi connectivity index (χ2n) is 6.18. The molecule has 1 aromatic carbocycles. The zero-order chi connectivity index (χ0) is 13.9. The summed E-state index contributed by atoms with van der Waals surface area (Å²) >= 11 is 3.63. The van der Waals surface area contributed by atoms with Crippen molar-refractivity contribution in [3.63, 3.8) is 0 Å². The summed E-state index contributed by atoms with van der Waals surface area (Å²) in [6, 6.07) is 8.29. The predicted octanol–water partition coefficient (Wildman–Crippen LogP) is 4.47. The molecule has 2 nitrogen and oxygen atoms in total. The molecule has 1 heterocycles. The van der Waals surface area contributed by atoms with Crippen LogP contribution in [0.15, 0.2) is 22.7 Å². The van der Waals surface area contributed by atoms with Gasteiger partial charge in [-0.15, -0.1) is 0 Å². The predicted molar refractivity (Wildman–Crippen MR) is 89.3 cm³/mol. The molecule has 0 spiro atoms. The van der Waals surface area contributed by atoms with E-state index in [2.05, 4.69) is 51.3 Å². The lowest BCUT2D eigenvalue weighted by molar-refractivity contribution is 0.448. The zero-order valence-corrected chi connectivity index (χ0v) is 14.0. The summed E-state index contributed by atoms with van der Waals surface area (Å²) in [5.41, 5.74) is 2.90. The molecule has 2 aliphatic rings. The maximum absolute atomic E-state index is 3.66. The summed E-state index contributed by atoms with van der Waals surface area (Å²) in [5.74, 6) is 0. The van der Waals surface area contributed by atoms with Crippen LogP contribution in [0.3, 0.4) is 0 Å². The highest BCUT2D eigenvalue weighted by Gasteiger charge is 2.24. The van der Waals surface area contributed by atoms with Crippen molar-refractivity contribution in [2.24, 2.45) is 0 Å². The van der Waals surface area contributed by atoms with Gasteiger partial charge in [-0.3, -0.25) is 0 Å². The molecule has 3 heteroatoms. The molecule has 1 atom stereocenters. The van der Waals surface area contributed by atoms with Gasteiger partial charge in [0.1, 0.15) is 0 Å². The number of halogens is 1. The molecular weight excluding hydrogens is 312 g/mol. The third-order valence-corrected chi connectivity index (χ3v) is 5.10. The van der Waals surface area contributed by atoms with Gasteiger partial charge in [0, 0.05) is 35.3 Å². The van der Waals surface area contributed by atoms with Crippen molar-refractivity contribution in [2.45, 2.75) is 64.1 Å². The molecule has 1 saturated heterocycles. The first-order valence-electron chi connectivity index (χ1n) is 8.06. The van der Waals surface area contributed by atoms with Crippen LogP contribution in [0.4, 0.5) is 5.69 Å². The van der Waals surface area contributed by atoms with Gasteiger partial charge in [-0.2, -0.15) is 0 Å². The molecule has 0 radical (unpaired) electrons. The fraction of sp³-hybridized carbons (Fsp3) is 0.647. The van der Waals surface area contributed by atoms with Gasteiger partial charge in [0.05, 0.1) is 0 Å². The van der Waals surface area contributed by atoms with E-state index in [-0.39, 0.29) is 0 Å². The minimum Gasteiger partial charge on any atom is -0.368 e.